The maximum absolute atomic E-state index is 12.4. The first-order chi connectivity index (χ1) is 12.5. The Morgan fingerprint density at radius 1 is 1.27 bits per heavy atom. The van der Waals surface area contributed by atoms with Crippen LogP contribution < -0.4 is 10.2 Å². The molecule has 1 aromatic rings. The summed E-state index contributed by atoms with van der Waals surface area (Å²) in [6.07, 6.45) is 1.59. The molecule has 0 spiro atoms. The van der Waals surface area contributed by atoms with Crippen molar-refractivity contribution < 1.29 is 9.53 Å². The number of rotatable bonds is 3. The Kier molecular flexibility index (Phi) is 4.84. The molecule has 2 atom stereocenters. The molecule has 0 aromatic carbocycles. The van der Waals surface area contributed by atoms with Gasteiger partial charge in [-0.15, -0.1) is 0 Å². The number of nitrogens with one attached hydrogen (secondary N) is 1. The quantitative estimate of drug-likeness (QED) is 0.864. The molecule has 26 heavy (non-hydrogen) atoms. The monoisotopic (exact) mass is 359 g/mol. The molecule has 0 aliphatic carbocycles. The van der Waals surface area contributed by atoms with E-state index < -0.39 is 0 Å². The van der Waals surface area contributed by atoms with Crippen molar-refractivity contribution in [3.8, 4) is 0 Å². The van der Waals surface area contributed by atoms with Crippen LogP contribution in [0, 0.1) is 5.92 Å². The van der Waals surface area contributed by atoms with Crippen LogP contribution in [-0.2, 0) is 17.6 Å². The standard InChI is InChI=1S/C19H29N5O2/c1-12(2)8-16-21-17-15(4-5-20-19(17)25)18(22-16)23-6-7-24-13(3)10-26-11-14(24)9-23/h12-14H,4-11H2,1-3H3,(H,20,25)/t13-,14+/m0/s1. The van der Waals surface area contributed by atoms with Gasteiger partial charge < -0.3 is 15.0 Å². The lowest BCUT2D eigenvalue weighted by molar-refractivity contribution is -0.0469. The van der Waals surface area contributed by atoms with Gasteiger partial charge in [0, 0.05) is 44.2 Å². The van der Waals surface area contributed by atoms with Gasteiger partial charge in [0.2, 0.25) is 0 Å². The van der Waals surface area contributed by atoms with E-state index in [1.807, 2.05) is 0 Å². The molecule has 0 bridgehead atoms. The maximum Gasteiger partial charge on any atom is 0.270 e. The summed E-state index contributed by atoms with van der Waals surface area (Å²) in [5.41, 5.74) is 1.59. The summed E-state index contributed by atoms with van der Waals surface area (Å²) in [5, 5.41) is 2.92. The molecular formula is C19H29N5O2. The predicted molar refractivity (Wildman–Crippen MR) is 99.6 cm³/mol. The second-order valence-electron chi connectivity index (χ2n) is 8.12. The third-order valence-electron chi connectivity index (χ3n) is 5.56. The van der Waals surface area contributed by atoms with Crippen LogP contribution in [0.4, 0.5) is 5.82 Å². The van der Waals surface area contributed by atoms with Gasteiger partial charge in [-0.2, -0.15) is 0 Å². The minimum atomic E-state index is -0.0619. The highest BCUT2D eigenvalue weighted by Crippen LogP contribution is 2.28. The number of amides is 1. The van der Waals surface area contributed by atoms with E-state index in [1.54, 1.807) is 0 Å². The molecular weight excluding hydrogens is 330 g/mol. The molecule has 4 rings (SSSR count). The molecule has 142 valence electrons. The Hall–Kier alpha value is -1.73. The summed E-state index contributed by atoms with van der Waals surface area (Å²) in [5.74, 6) is 2.14. The molecule has 0 unspecified atom stereocenters. The molecule has 1 aromatic heterocycles. The van der Waals surface area contributed by atoms with Crippen LogP contribution in [0.25, 0.3) is 0 Å². The smallest absolute Gasteiger partial charge is 0.270 e. The van der Waals surface area contributed by atoms with E-state index in [1.165, 1.54) is 0 Å². The van der Waals surface area contributed by atoms with Crippen molar-refractivity contribution in [3.05, 3.63) is 17.1 Å². The Morgan fingerprint density at radius 3 is 2.92 bits per heavy atom. The van der Waals surface area contributed by atoms with E-state index in [0.717, 1.165) is 62.9 Å². The summed E-state index contributed by atoms with van der Waals surface area (Å²) in [4.78, 5) is 26.8. The number of piperazine rings is 1. The van der Waals surface area contributed by atoms with E-state index >= 15 is 0 Å². The summed E-state index contributed by atoms with van der Waals surface area (Å²) >= 11 is 0. The zero-order chi connectivity index (χ0) is 18.3. The first kappa shape index (κ1) is 17.7. The first-order valence-electron chi connectivity index (χ1n) is 9.79. The number of nitrogens with zero attached hydrogens (tertiary/aromatic N) is 4. The molecule has 2 saturated heterocycles. The fraction of sp³-hybridized carbons (Fsp3) is 0.737. The highest BCUT2D eigenvalue weighted by molar-refractivity contribution is 5.96. The summed E-state index contributed by atoms with van der Waals surface area (Å²) in [7, 11) is 0. The van der Waals surface area contributed by atoms with E-state index in [0.29, 0.717) is 30.2 Å². The van der Waals surface area contributed by atoms with Crippen molar-refractivity contribution >= 4 is 11.7 Å². The van der Waals surface area contributed by atoms with Crippen LogP contribution in [0.15, 0.2) is 0 Å². The second-order valence-corrected chi connectivity index (χ2v) is 8.12. The van der Waals surface area contributed by atoms with Gasteiger partial charge in [-0.05, 0) is 19.3 Å². The molecule has 2 fully saturated rings. The van der Waals surface area contributed by atoms with Crippen LogP contribution in [-0.4, -0.2) is 72.3 Å². The van der Waals surface area contributed by atoms with Gasteiger partial charge in [-0.25, -0.2) is 9.97 Å². The predicted octanol–water partition coefficient (Wildman–Crippen LogP) is 0.870. The van der Waals surface area contributed by atoms with E-state index in [4.69, 9.17) is 9.72 Å². The molecule has 0 radical (unpaired) electrons. The molecule has 3 aliphatic rings. The van der Waals surface area contributed by atoms with Gasteiger partial charge in [0.05, 0.1) is 19.3 Å². The summed E-state index contributed by atoms with van der Waals surface area (Å²) in [6, 6.07) is 0.863. The van der Waals surface area contributed by atoms with Gasteiger partial charge in [0.25, 0.3) is 5.91 Å². The molecule has 1 amide bonds. The maximum atomic E-state index is 12.4. The average molecular weight is 359 g/mol. The Labute approximate surface area is 155 Å². The molecule has 7 heteroatoms. The molecule has 3 aliphatic heterocycles. The van der Waals surface area contributed by atoms with Crippen molar-refractivity contribution in [2.24, 2.45) is 5.92 Å². The van der Waals surface area contributed by atoms with Gasteiger partial charge in [-0.3, -0.25) is 9.69 Å². The first-order valence-corrected chi connectivity index (χ1v) is 9.79. The molecule has 4 heterocycles. The van der Waals surface area contributed by atoms with E-state index in [-0.39, 0.29) is 5.91 Å². The number of ether oxygens (including phenoxy) is 1. The van der Waals surface area contributed by atoms with Crippen LogP contribution in [0.5, 0.6) is 0 Å². The van der Waals surface area contributed by atoms with E-state index in [2.05, 4.69) is 40.9 Å². The molecule has 1 N–H and O–H groups in total. The number of fused-ring (bicyclic) bond motifs is 2. The SMILES string of the molecule is CC(C)Cc1nc2c(c(N3CCN4[C@@H](COC[C@@H]4C)C3)n1)CCNC2=O. The highest BCUT2D eigenvalue weighted by atomic mass is 16.5. The average Bonchev–Trinajstić information content (AvgIpc) is 2.61. The van der Waals surface area contributed by atoms with Crippen molar-refractivity contribution in [3.63, 3.8) is 0 Å². The number of morpholine rings is 1. The molecule has 0 saturated carbocycles. The normalized spacial score (nSPS) is 26.5. The van der Waals surface area contributed by atoms with E-state index in [9.17, 15) is 4.79 Å². The second kappa shape index (κ2) is 7.12. The zero-order valence-corrected chi connectivity index (χ0v) is 16.0. The fourth-order valence-electron chi connectivity index (χ4n) is 4.30. The van der Waals surface area contributed by atoms with Crippen LogP contribution in [0.3, 0.4) is 0 Å². The number of hydrogen-bond donors (Lipinski definition) is 1. The van der Waals surface area contributed by atoms with Crippen LogP contribution in [0.2, 0.25) is 0 Å². The van der Waals surface area contributed by atoms with Gasteiger partial charge in [-0.1, -0.05) is 13.8 Å². The lowest BCUT2D eigenvalue weighted by Crippen LogP contribution is -2.61. The minimum Gasteiger partial charge on any atom is -0.378 e. The van der Waals surface area contributed by atoms with Crippen molar-refractivity contribution in [2.45, 2.75) is 45.7 Å². The van der Waals surface area contributed by atoms with Crippen molar-refractivity contribution in [1.82, 2.24) is 20.2 Å². The lowest BCUT2D eigenvalue weighted by Gasteiger charge is -2.47. The molecule has 7 nitrogen and oxygen atoms in total. The largest absolute Gasteiger partial charge is 0.378 e. The highest BCUT2D eigenvalue weighted by Gasteiger charge is 2.36. The van der Waals surface area contributed by atoms with Crippen molar-refractivity contribution in [2.75, 3.05) is 44.3 Å². The Balaban J connectivity index is 1.66. The number of hydrogen-bond acceptors (Lipinski definition) is 6. The number of aromatic nitrogens is 2. The van der Waals surface area contributed by atoms with Crippen LogP contribution >= 0.6 is 0 Å². The number of carbonyl (C=O) groups is 1. The Morgan fingerprint density at radius 2 is 2.12 bits per heavy atom. The van der Waals surface area contributed by atoms with Crippen LogP contribution in [0.1, 0.15) is 42.6 Å². The number of anilines is 1. The summed E-state index contributed by atoms with van der Waals surface area (Å²) in [6.45, 7) is 11.6. The number of carbonyl (C=O) groups excluding carboxylic acids is 1. The third kappa shape index (κ3) is 3.30. The van der Waals surface area contributed by atoms with Crippen molar-refractivity contribution in [1.29, 1.82) is 0 Å². The third-order valence-corrected chi connectivity index (χ3v) is 5.56. The lowest BCUT2D eigenvalue weighted by atomic mass is 10.0. The zero-order valence-electron chi connectivity index (χ0n) is 16.0. The summed E-state index contributed by atoms with van der Waals surface area (Å²) < 4.78 is 5.78. The minimum absolute atomic E-state index is 0.0619. The topological polar surface area (TPSA) is 70.6 Å². The van der Waals surface area contributed by atoms with Gasteiger partial charge in [0.15, 0.2) is 0 Å². The fourth-order valence-corrected chi connectivity index (χ4v) is 4.30. The van der Waals surface area contributed by atoms with Gasteiger partial charge in [0.1, 0.15) is 17.3 Å². The Bertz CT molecular complexity index is 693. The van der Waals surface area contributed by atoms with Gasteiger partial charge >= 0.3 is 0 Å².